The smallest absolute Gasteiger partial charge is 0.312 e. The molecular weight excluding hydrogens is 350 g/mol. The maximum Gasteiger partial charge on any atom is 0.312 e. The quantitative estimate of drug-likeness (QED) is 0.446. The standard InChI is InChI=1S/C16H20ClN3O3S/c1-2-19-8-9-20(16(23)15(19)22)11-14(21)18-7-10-24-13-5-3-12(17)4-6-13/h3-6H,2,7-11H2,1H3,(H,18,21). The molecule has 1 fully saturated rings. The Balaban J connectivity index is 1.69. The summed E-state index contributed by atoms with van der Waals surface area (Å²) in [4.78, 5) is 39.5. The summed E-state index contributed by atoms with van der Waals surface area (Å²) in [6.45, 7) is 3.61. The molecule has 24 heavy (non-hydrogen) atoms. The second kappa shape index (κ2) is 8.94. The van der Waals surface area contributed by atoms with Crippen molar-refractivity contribution < 1.29 is 14.4 Å². The molecule has 1 heterocycles. The molecule has 1 aliphatic heterocycles. The van der Waals surface area contributed by atoms with Gasteiger partial charge in [-0.1, -0.05) is 11.6 Å². The second-order valence-electron chi connectivity index (χ2n) is 5.26. The average Bonchev–Trinajstić information content (AvgIpc) is 2.58. The fourth-order valence-corrected chi connectivity index (χ4v) is 3.18. The highest BCUT2D eigenvalue weighted by molar-refractivity contribution is 7.99. The van der Waals surface area contributed by atoms with E-state index in [9.17, 15) is 14.4 Å². The van der Waals surface area contributed by atoms with Gasteiger partial charge in [-0.2, -0.15) is 0 Å². The van der Waals surface area contributed by atoms with Crippen molar-refractivity contribution in [1.82, 2.24) is 15.1 Å². The molecule has 1 aliphatic rings. The van der Waals surface area contributed by atoms with Crippen LogP contribution in [-0.2, 0) is 14.4 Å². The van der Waals surface area contributed by atoms with Gasteiger partial charge in [0, 0.05) is 41.8 Å². The third-order valence-corrected chi connectivity index (χ3v) is 4.89. The predicted molar refractivity (Wildman–Crippen MR) is 94.0 cm³/mol. The van der Waals surface area contributed by atoms with Crippen LogP contribution in [0.1, 0.15) is 6.92 Å². The molecule has 6 nitrogen and oxygen atoms in total. The van der Waals surface area contributed by atoms with E-state index in [0.717, 1.165) is 4.90 Å². The first-order valence-electron chi connectivity index (χ1n) is 7.74. The molecule has 8 heteroatoms. The van der Waals surface area contributed by atoms with Crippen LogP contribution in [0.15, 0.2) is 29.2 Å². The lowest BCUT2D eigenvalue weighted by atomic mass is 10.3. The summed E-state index contributed by atoms with van der Waals surface area (Å²) in [6.07, 6.45) is 0. The maximum atomic E-state index is 11.9. The Morgan fingerprint density at radius 2 is 1.79 bits per heavy atom. The van der Waals surface area contributed by atoms with Crippen molar-refractivity contribution in [3.63, 3.8) is 0 Å². The minimum Gasteiger partial charge on any atom is -0.354 e. The molecule has 130 valence electrons. The number of hydrogen-bond acceptors (Lipinski definition) is 4. The molecule has 1 aromatic rings. The number of nitrogens with one attached hydrogen (secondary N) is 1. The minimum absolute atomic E-state index is 0.0757. The van der Waals surface area contributed by atoms with Gasteiger partial charge in [-0.3, -0.25) is 14.4 Å². The molecule has 0 aromatic heterocycles. The first-order valence-corrected chi connectivity index (χ1v) is 9.11. The van der Waals surface area contributed by atoms with Crippen LogP contribution in [0.4, 0.5) is 0 Å². The minimum atomic E-state index is -0.603. The van der Waals surface area contributed by atoms with E-state index >= 15 is 0 Å². The first kappa shape index (κ1) is 18.6. The van der Waals surface area contributed by atoms with E-state index in [1.165, 1.54) is 9.80 Å². The molecule has 0 radical (unpaired) electrons. The lowest BCUT2D eigenvalue weighted by Crippen LogP contribution is -2.56. The zero-order chi connectivity index (χ0) is 17.5. The topological polar surface area (TPSA) is 69.7 Å². The number of piperazine rings is 1. The molecule has 1 N–H and O–H groups in total. The number of benzene rings is 1. The van der Waals surface area contributed by atoms with Gasteiger partial charge in [-0.25, -0.2) is 0 Å². The van der Waals surface area contributed by atoms with Gasteiger partial charge in [-0.15, -0.1) is 11.8 Å². The van der Waals surface area contributed by atoms with E-state index in [0.29, 0.717) is 37.0 Å². The summed E-state index contributed by atoms with van der Waals surface area (Å²) >= 11 is 7.43. The van der Waals surface area contributed by atoms with Crippen molar-refractivity contribution in [3.05, 3.63) is 29.3 Å². The first-order chi connectivity index (χ1) is 11.5. The van der Waals surface area contributed by atoms with Gasteiger partial charge in [-0.05, 0) is 31.2 Å². The predicted octanol–water partition coefficient (Wildman–Crippen LogP) is 1.24. The van der Waals surface area contributed by atoms with Gasteiger partial charge < -0.3 is 15.1 Å². The number of carbonyl (C=O) groups is 3. The SMILES string of the molecule is CCN1CCN(CC(=O)NCCSc2ccc(Cl)cc2)C(=O)C1=O. The Hall–Kier alpha value is -1.73. The highest BCUT2D eigenvalue weighted by atomic mass is 35.5. The Bertz CT molecular complexity index is 609. The van der Waals surface area contributed by atoms with E-state index in [1.807, 2.05) is 31.2 Å². The number of nitrogens with zero attached hydrogens (tertiary/aromatic N) is 2. The molecule has 3 amide bonds. The van der Waals surface area contributed by atoms with E-state index in [-0.39, 0.29) is 12.5 Å². The van der Waals surface area contributed by atoms with Crippen LogP contribution in [0.2, 0.25) is 5.02 Å². The maximum absolute atomic E-state index is 11.9. The highest BCUT2D eigenvalue weighted by Gasteiger charge is 2.32. The van der Waals surface area contributed by atoms with E-state index in [4.69, 9.17) is 11.6 Å². The summed E-state index contributed by atoms with van der Waals surface area (Å²) in [5.74, 6) is -0.675. The molecule has 0 spiro atoms. The molecule has 0 atom stereocenters. The van der Waals surface area contributed by atoms with Gasteiger partial charge in [0.1, 0.15) is 6.54 Å². The van der Waals surface area contributed by atoms with Crippen LogP contribution < -0.4 is 5.32 Å². The third-order valence-electron chi connectivity index (χ3n) is 3.62. The number of likely N-dealkylation sites (N-methyl/N-ethyl adjacent to an activating group) is 1. The average molecular weight is 370 g/mol. The van der Waals surface area contributed by atoms with Gasteiger partial charge in [0.15, 0.2) is 0 Å². The second-order valence-corrected chi connectivity index (χ2v) is 6.87. The van der Waals surface area contributed by atoms with Gasteiger partial charge in [0.25, 0.3) is 0 Å². The highest BCUT2D eigenvalue weighted by Crippen LogP contribution is 2.19. The fourth-order valence-electron chi connectivity index (χ4n) is 2.29. The van der Waals surface area contributed by atoms with E-state index in [2.05, 4.69) is 5.32 Å². The number of hydrogen-bond donors (Lipinski definition) is 1. The van der Waals surface area contributed by atoms with Crippen molar-refractivity contribution in [2.24, 2.45) is 0 Å². The molecule has 1 saturated heterocycles. The molecule has 0 unspecified atom stereocenters. The van der Waals surface area contributed by atoms with Crippen LogP contribution in [0, 0.1) is 0 Å². The summed E-state index contributed by atoms with van der Waals surface area (Å²) in [5, 5.41) is 3.46. The summed E-state index contributed by atoms with van der Waals surface area (Å²) in [5.41, 5.74) is 0. The number of rotatable bonds is 7. The van der Waals surface area contributed by atoms with Crippen LogP contribution in [0.25, 0.3) is 0 Å². The molecule has 0 saturated carbocycles. The van der Waals surface area contributed by atoms with Crippen molar-refractivity contribution in [2.45, 2.75) is 11.8 Å². The van der Waals surface area contributed by atoms with Crippen LogP contribution in [-0.4, -0.2) is 66.0 Å². The lowest BCUT2D eigenvalue weighted by Gasteiger charge is -2.32. The summed E-state index contributed by atoms with van der Waals surface area (Å²) in [6, 6.07) is 7.49. The van der Waals surface area contributed by atoms with Crippen molar-refractivity contribution in [1.29, 1.82) is 0 Å². The number of thioether (sulfide) groups is 1. The van der Waals surface area contributed by atoms with Gasteiger partial charge >= 0.3 is 11.8 Å². The van der Waals surface area contributed by atoms with Crippen molar-refractivity contribution >= 4 is 41.1 Å². The summed E-state index contributed by atoms with van der Waals surface area (Å²) in [7, 11) is 0. The molecule has 0 bridgehead atoms. The Kier molecular flexibility index (Phi) is 6.93. The van der Waals surface area contributed by atoms with Crippen LogP contribution >= 0.6 is 23.4 Å². The number of carbonyl (C=O) groups excluding carboxylic acids is 3. The molecule has 2 rings (SSSR count). The van der Waals surface area contributed by atoms with Gasteiger partial charge in [0.05, 0.1) is 0 Å². The summed E-state index contributed by atoms with van der Waals surface area (Å²) < 4.78 is 0. The van der Waals surface area contributed by atoms with Gasteiger partial charge in [0.2, 0.25) is 5.91 Å². The largest absolute Gasteiger partial charge is 0.354 e. The normalized spacial score (nSPS) is 14.9. The van der Waals surface area contributed by atoms with E-state index in [1.54, 1.807) is 11.8 Å². The van der Waals surface area contributed by atoms with Crippen LogP contribution in [0.3, 0.4) is 0 Å². The lowest BCUT2D eigenvalue weighted by molar-refractivity contribution is -0.156. The monoisotopic (exact) mass is 369 g/mol. The molecule has 0 aliphatic carbocycles. The Morgan fingerprint density at radius 1 is 1.17 bits per heavy atom. The third kappa shape index (κ3) is 5.14. The number of halogens is 1. The Labute approximate surface area is 150 Å². The number of amides is 3. The zero-order valence-electron chi connectivity index (χ0n) is 13.5. The van der Waals surface area contributed by atoms with Crippen molar-refractivity contribution in [2.75, 3.05) is 38.5 Å². The van der Waals surface area contributed by atoms with Crippen molar-refractivity contribution in [3.8, 4) is 0 Å². The van der Waals surface area contributed by atoms with Crippen LogP contribution in [0.5, 0.6) is 0 Å². The van der Waals surface area contributed by atoms with E-state index < -0.39 is 11.8 Å². The Morgan fingerprint density at radius 3 is 2.46 bits per heavy atom. The molecule has 1 aromatic carbocycles. The fraction of sp³-hybridized carbons (Fsp3) is 0.438. The zero-order valence-corrected chi connectivity index (χ0v) is 15.0. The molecular formula is C16H20ClN3O3S.